The minimum atomic E-state index is -0.383. The van der Waals surface area contributed by atoms with E-state index in [1.165, 1.54) is 23.5 Å². The lowest BCUT2D eigenvalue weighted by Crippen LogP contribution is -2.11. The number of hydrogen-bond acceptors (Lipinski definition) is 5. The van der Waals surface area contributed by atoms with Crippen LogP contribution in [0.1, 0.15) is 16.2 Å². The molecule has 106 valence electrons. The molecule has 3 aromatic rings. The number of aromatic nitrogens is 2. The normalized spacial score (nSPS) is 10.6. The molecule has 7 heteroatoms. The highest BCUT2D eigenvalue weighted by molar-refractivity contribution is 7.14. The Labute approximate surface area is 123 Å². The van der Waals surface area contributed by atoms with Gasteiger partial charge in [0, 0.05) is 17.0 Å². The van der Waals surface area contributed by atoms with Gasteiger partial charge in [-0.2, -0.15) is 0 Å². The number of nitrogens with zero attached hydrogens (tertiary/aromatic N) is 2. The van der Waals surface area contributed by atoms with Crippen LogP contribution in [0.3, 0.4) is 0 Å². The molecule has 0 fully saturated rings. The van der Waals surface area contributed by atoms with Gasteiger partial charge in [0.1, 0.15) is 11.6 Å². The predicted molar refractivity (Wildman–Crippen MR) is 76.7 cm³/mol. The Bertz CT molecular complexity index is 780. The van der Waals surface area contributed by atoms with Crippen LogP contribution in [-0.4, -0.2) is 16.0 Å². The third-order valence-corrected chi connectivity index (χ3v) is 3.48. The minimum Gasteiger partial charge on any atom is -0.361 e. The Morgan fingerprint density at radius 2 is 2.10 bits per heavy atom. The fraction of sp³-hybridized carbons (Fsp3) is 0.0714. The van der Waals surface area contributed by atoms with Crippen molar-refractivity contribution >= 4 is 22.4 Å². The number of amides is 1. The second-order valence-electron chi connectivity index (χ2n) is 4.32. The highest BCUT2D eigenvalue weighted by Crippen LogP contribution is 2.25. The third kappa shape index (κ3) is 2.97. The number of carbonyl (C=O) groups is 1. The highest BCUT2D eigenvalue weighted by atomic mass is 32.1. The summed E-state index contributed by atoms with van der Waals surface area (Å²) < 4.78 is 17.7. The number of thiazole rings is 1. The van der Waals surface area contributed by atoms with E-state index in [0.29, 0.717) is 16.6 Å². The summed E-state index contributed by atoms with van der Waals surface area (Å²) in [6.07, 6.45) is 0. The summed E-state index contributed by atoms with van der Waals surface area (Å²) in [7, 11) is 0. The zero-order chi connectivity index (χ0) is 14.8. The second kappa shape index (κ2) is 5.45. The van der Waals surface area contributed by atoms with Crippen molar-refractivity contribution in [3.8, 4) is 11.3 Å². The maximum atomic E-state index is 12.9. The van der Waals surface area contributed by atoms with Crippen molar-refractivity contribution in [1.29, 1.82) is 0 Å². The number of rotatable bonds is 3. The van der Waals surface area contributed by atoms with Crippen molar-refractivity contribution in [2.75, 3.05) is 5.32 Å². The lowest BCUT2D eigenvalue weighted by molar-refractivity contribution is 0.101. The van der Waals surface area contributed by atoms with Gasteiger partial charge in [-0.05, 0) is 31.2 Å². The Hall–Kier alpha value is -2.54. The summed E-state index contributed by atoms with van der Waals surface area (Å²) in [4.78, 5) is 16.2. The van der Waals surface area contributed by atoms with E-state index in [2.05, 4.69) is 15.5 Å². The first kappa shape index (κ1) is 13.4. The molecule has 1 amide bonds. The van der Waals surface area contributed by atoms with Crippen LogP contribution in [0.4, 0.5) is 9.52 Å². The van der Waals surface area contributed by atoms with Crippen LogP contribution in [0.5, 0.6) is 0 Å². The van der Waals surface area contributed by atoms with Gasteiger partial charge in [0.15, 0.2) is 10.8 Å². The molecule has 3 rings (SSSR count). The van der Waals surface area contributed by atoms with Crippen molar-refractivity contribution in [3.63, 3.8) is 0 Å². The maximum Gasteiger partial charge on any atom is 0.279 e. The quantitative estimate of drug-likeness (QED) is 0.804. The van der Waals surface area contributed by atoms with E-state index >= 15 is 0 Å². The first-order chi connectivity index (χ1) is 10.1. The molecule has 5 nitrogen and oxygen atoms in total. The Balaban J connectivity index is 1.76. The molecule has 0 atom stereocenters. The fourth-order valence-corrected chi connectivity index (χ4v) is 2.43. The topological polar surface area (TPSA) is 68.0 Å². The number of aryl methyl sites for hydroxylation is 1. The second-order valence-corrected chi connectivity index (χ2v) is 5.18. The molecule has 21 heavy (non-hydrogen) atoms. The van der Waals surface area contributed by atoms with Crippen LogP contribution in [0.2, 0.25) is 0 Å². The van der Waals surface area contributed by atoms with Gasteiger partial charge >= 0.3 is 0 Å². The lowest BCUT2D eigenvalue weighted by Gasteiger charge is -1.97. The van der Waals surface area contributed by atoms with Crippen molar-refractivity contribution in [3.05, 3.63) is 53.0 Å². The van der Waals surface area contributed by atoms with Crippen molar-refractivity contribution in [2.45, 2.75) is 6.92 Å². The molecule has 0 saturated carbocycles. The molecule has 0 spiro atoms. The SMILES string of the molecule is Cc1cc(C(=O)Nc2nc(-c3ccc(F)cc3)cs2)no1. The van der Waals surface area contributed by atoms with E-state index in [9.17, 15) is 9.18 Å². The van der Waals surface area contributed by atoms with E-state index < -0.39 is 0 Å². The molecule has 0 aliphatic rings. The molecule has 0 saturated heterocycles. The molecular formula is C14H10FN3O2S. The van der Waals surface area contributed by atoms with Crippen molar-refractivity contribution in [1.82, 2.24) is 10.1 Å². The van der Waals surface area contributed by atoms with Crippen molar-refractivity contribution < 1.29 is 13.7 Å². The summed E-state index contributed by atoms with van der Waals surface area (Å²) in [5.74, 6) is -0.123. The largest absolute Gasteiger partial charge is 0.361 e. The van der Waals surface area contributed by atoms with E-state index in [0.717, 1.165) is 5.56 Å². The summed E-state index contributed by atoms with van der Waals surface area (Å²) >= 11 is 1.28. The maximum absolute atomic E-state index is 12.9. The van der Waals surface area contributed by atoms with Gasteiger partial charge in [-0.25, -0.2) is 9.37 Å². The van der Waals surface area contributed by atoms with Crippen LogP contribution < -0.4 is 5.32 Å². The first-order valence-electron chi connectivity index (χ1n) is 6.08. The van der Waals surface area contributed by atoms with E-state index in [-0.39, 0.29) is 17.4 Å². The average Bonchev–Trinajstić information content (AvgIpc) is 3.09. The van der Waals surface area contributed by atoms with Gasteiger partial charge in [0.2, 0.25) is 0 Å². The predicted octanol–water partition coefficient (Wildman–Crippen LogP) is 3.50. The molecule has 0 aliphatic carbocycles. The molecule has 1 N–H and O–H groups in total. The van der Waals surface area contributed by atoms with E-state index in [1.54, 1.807) is 30.5 Å². The Morgan fingerprint density at radius 3 is 2.76 bits per heavy atom. The summed E-state index contributed by atoms with van der Waals surface area (Å²) in [6.45, 7) is 1.71. The molecule has 2 heterocycles. The molecule has 2 aromatic heterocycles. The standard InChI is InChI=1S/C14H10FN3O2S/c1-8-6-11(18-20-8)13(19)17-14-16-12(7-21-14)9-2-4-10(15)5-3-9/h2-7H,1H3,(H,16,17,19). The number of nitrogens with one attached hydrogen (secondary N) is 1. The molecule has 1 aromatic carbocycles. The summed E-state index contributed by atoms with van der Waals surface area (Å²) in [5, 5.41) is 8.51. The molecular weight excluding hydrogens is 293 g/mol. The zero-order valence-corrected chi connectivity index (χ0v) is 11.8. The third-order valence-electron chi connectivity index (χ3n) is 2.73. The van der Waals surface area contributed by atoms with Crippen LogP contribution in [0, 0.1) is 12.7 Å². The van der Waals surface area contributed by atoms with E-state index in [1.807, 2.05) is 0 Å². The minimum absolute atomic E-state index is 0.200. The first-order valence-corrected chi connectivity index (χ1v) is 6.96. The van der Waals surface area contributed by atoms with Gasteiger partial charge in [-0.15, -0.1) is 11.3 Å². The fourth-order valence-electron chi connectivity index (χ4n) is 1.72. The number of carbonyl (C=O) groups excluding carboxylic acids is 1. The van der Waals surface area contributed by atoms with Gasteiger partial charge in [0.25, 0.3) is 5.91 Å². The lowest BCUT2D eigenvalue weighted by atomic mass is 10.2. The van der Waals surface area contributed by atoms with Crippen LogP contribution in [-0.2, 0) is 0 Å². The Morgan fingerprint density at radius 1 is 1.33 bits per heavy atom. The smallest absolute Gasteiger partial charge is 0.279 e. The number of anilines is 1. The van der Waals surface area contributed by atoms with Gasteiger partial charge in [0.05, 0.1) is 5.69 Å². The number of halogens is 1. The molecule has 0 bridgehead atoms. The van der Waals surface area contributed by atoms with E-state index in [4.69, 9.17) is 4.52 Å². The summed E-state index contributed by atoms with van der Waals surface area (Å²) in [6, 6.07) is 7.55. The highest BCUT2D eigenvalue weighted by Gasteiger charge is 2.13. The summed E-state index contributed by atoms with van der Waals surface area (Å²) in [5.41, 5.74) is 1.66. The van der Waals surface area contributed by atoms with Gasteiger partial charge in [-0.3, -0.25) is 10.1 Å². The molecule has 0 radical (unpaired) electrons. The Kier molecular flexibility index (Phi) is 3.49. The monoisotopic (exact) mass is 303 g/mol. The van der Waals surface area contributed by atoms with Crippen LogP contribution >= 0.6 is 11.3 Å². The van der Waals surface area contributed by atoms with Gasteiger partial charge < -0.3 is 4.52 Å². The van der Waals surface area contributed by atoms with Gasteiger partial charge in [-0.1, -0.05) is 5.16 Å². The number of hydrogen-bond donors (Lipinski definition) is 1. The van der Waals surface area contributed by atoms with Crippen molar-refractivity contribution in [2.24, 2.45) is 0 Å². The van der Waals surface area contributed by atoms with Crippen LogP contribution in [0.25, 0.3) is 11.3 Å². The molecule has 0 aliphatic heterocycles. The number of benzene rings is 1. The van der Waals surface area contributed by atoms with Crippen LogP contribution in [0.15, 0.2) is 40.2 Å². The average molecular weight is 303 g/mol. The zero-order valence-electron chi connectivity index (χ0n) is 11.0. The molecule has 0 unspecified atom stereocenters.